The van der Waals surface area contributed by atoms with Crippen LogP contribution in [-0.2, 0) is 4.79 Å². The van der Waals surface area contributed by atoms with E-state index in [1.54, 1.807) is 12.1 Å². The lowest BCUT2D eigenvalue weighted by molar-refractivity contribution is -0.109. The minimum absolute atomic E-state index is 0.486. The normalized spacial score (nSPS) is 10.0. The number of furan rings is 1. The Hall–Kier alpha value is -1.58. The van der Waals surface area contributed by atoms with Crippen molar-refractivity contribution in [2.75, 3.05) is 0 Å². The third kappa shape index (κ3) is 1.74. The minimum atomic E-state index is 0.486. The fourth-order valence-electron chi connectivity index (χ4n) is 0.496. The van der Waals surface area contributed by atoms with Gasteiger partial charge in [-0.3, -0.25) is 4.79 Å². The number of nitrogens with zero attached hydrogens (tertiary/aromatic N) is 1. The van der Waals surface area contributed by atoms with E-state index >= 15 is 0 Å². The fraction of sp³-hybridized carbons (Fsp3) is 0. The topological polar surface area (TPSA) is 54.6 Å². The van der Waals surface area contributed by atoms with E-state index in [4.69, 9.17) is 4.42 Å². The average Bonchev–Trinajstić information content (AvgIpc) is 2.41. The van der Waals surface area contributed by atoms with E-state index in [2.05, 4.69) is 10.5 Å². The quantitative estimate of drug-likeness (QED) is 0.372. The van der Waals surface area contributed by atoms with Crippen LogP contribution in [0, 0.1) is 0 Å². The zero-order chi connectivity index (χ0) is 7.23. The molecule has 1 aromatic heterocycles. The van der Waals surface area contributed by atoms with Gasteiger partial charge in [-0.1, -0.05) is 0 Å². The van der Waals surface area contributed by atoms with Crippen molar-refractivity contribution in [3.8, 4) is 0 Å². The van der Waals surface area contributed by atoms with Gasteiger partial charge in [0.1, 0.15) is 5.76 Å². The molecule has 0 atom stereocenters. The second-order valence-electron chi connectivity index (χ2n) is 1.52. The van der Waals surface area contributed by atoms with Crippen LogP contribution in [0.1, 0.15) is 5.76 Å². The first kappa shape index (κ1) is 6.54. The molecular weight excluding hydrogens is 132 g/mol. The van der Waals surface area contributed by atoms with Crippen LogP contribution in [-0.4, -0.2) is 12.6 Å². The summed E-state index contributed by atoms with van der Waals surface area (Å²) in [7, 11) is 0. The maximum absolute atomic E-state index is 9.68. The number of hydrogen-bond acceptors (Lipinski definition) is 3. The third-order valence-corrected chi connectivity index (χ3v) is 0.862. The van der Waals surface area contributed by atoms with Crippen molar-refractivity contribution in [1.29, 1.82) is 0 Å². The molecule has 1 N–H and O–H groups in total. The summed E-state index contributed by atoms with van der Waals surface area (Å²) in [5.41, 5.74) is 2.12. The summed E-state index contributed by atoms with van der Waals surface area (Å²) in [5, 5.41) is 3.50. The highest BCUT2D eigenvalue weighted by Gasteiger charge is 1.85. The van der Waals surface area contributed by atoms with Crippen LogP contribution in [0.25, 0.3) is 0 Å². The molecule has 0 unspecified atom stereocenters. The van der Waals surface area contributed by atoms with Crippen molar-refractivity contribution in [1.82, 2.24) is 5.43 Å². The van der Waals surface area contributed by atoms with Crippen LogP contribution in [0.4, 0.5) is 0 Å². The number of hydrazone groups is 1. The number of rotatable bonds is 3. The molecule has 0 spiro atoms. The largest absolute Gasteiger partial charge is 0.463 e. The van der Waals surface area contributed by atoms with Gasteiger partial charge in [0, 0.05) is 0 Å². The van der Waals surface area contributed by atoms with Gasteiger partial charge in [0.05, 0.1) is 12.5 Å². The van der Waals surface area contributed by atoms with Crippen molar-refractivity contribution >= 4 is 12.6 Å². The molecule has 1 heterocycles. The summed E-state index contributed by atoms with van der Waals surface area (Å²) in [6.07, 6.45) is 3.43. The zero-order valence-electron chi connectivity index (χ0n) is 5.15. The Bertz CT molecular complexity index is 216. The smallest absolute Gasteiger partial charge is 0.227 e. The zero-order valence-corrected chi connectivity index (χ0v) is 5.15. The van der Waals surface area contributed by atoms with Gasteiger partial charge >= 0.3 is 0 Å². The predicted octanol–water partition coefficient (Wildman–Crippen LogP) is 0.359. The Kier molecular flexibility index (Phi) is 2.25. The molecule has 0 aliphatic rings. The molecule has 0 aliphatic heterocycles. The Morgan fingerprint density at radius 1 is 1.70 bits per heavy atom. The molecule has 0 aromatic carbocycles. The Labute approximate surface area is 57.5 Å². The summed E-state index contributed by atoms with van der Waals surface area (Å²) >= 11 is 0. The third-order valence-electron chi connectivity index (χ3n) is 0.862. The fourth-order valence-corrected chi connectivity index (χ4v) is 0.496. The Balaban J connectivity index is 2.47. The highest BCUT2D eigenvalue weighted by atomic mass is 16.3. The predicted molar refractivity (Wildman–Crippen MR) is 35.5 cm³/mol. The molecule has 1 rings (SSSR count). The molecule has 10 heavy (non-hydrogen) atoms. The van der Waals surface area contributed by atoms with E-state index in [0.717, 1.165) is 0 Å². The minimum Gasteiger partial charge on any atom is -0.463 e. The molecule has 1 amide bonds. The first-order valence-electron chi connectivity index (χ1n) is 2.69. The van der Waals surface area contributed by atoms with Crippen LogP contribution in [0.3, 0.4) is 0 Å². The highest BCUT2D eigenvalue weighted by molar-refractivity contribution is 5.75. The van der Waals surface area contributed by atoms with Crippen LogP contribution < -0.4 is 5.43 Å². The van der Waals surface area contributed by atoms with Crippen molar-refractivity contribution in [3.63, 3.8) is 0 Å². The standard InChI is InChI=1S/C6H6N2O2/c9-5-8-7-4-6-2-1-3-10-6/h1-5H,(H,8,9)/b7-4+. The SMILES string of the molecule is O=CN/N=C/c1ccco1. The number of nitrogens with one attached hydrogen (secondary N) is 1. The molecule has 0 fully saturated rings. The number of hydrogen-bond donors (Lipinski definition) is 1. The van der Waals surface area contributed by atoms with Crippen LogP contribution >= 0.6 is 0 Å². The van der Waals surface area contributed by atoms with Crippen molar-refractivity contribution < 1.29 is 9.21 Å². The lowest BCUT2D eigenvalue weighted by Gasteiger charge is -1.81. The van der Waals surface area contributed by atoms with Gasteiger partial charge in [0.25, 0.3) is 0 Å². The van der Waals surface area contributed by atoms with Crippen LogP contribution in [0.5, 0.6) is 0 Å². The van der Waals surface area contributed by atoms with Gasteiger partial charge in [0.15, 0.2) is 0 Å². The van der Waals surface area contributed by atoms with E-state index in [0.29, 0.717) is 12.2 Å². The van der Waals surface area contributed by atoms with Crippen LogP contribution in [0.2, 0.25) is 0 Å². The molecule has 52 valence electrons. The maximum Gasteiger partial charge on any atom is 0.227 e. The average molecular weight is 138 g/mol. The van der Waals surface area contributed by atoms with Gasteiger partial charge in [-0.25, -0.2) is 5.43 Å². The number of carbonyl (C=O) groups is 1. The Morgan fingerprint density at radius 2 is 2.60 bits per heavy atom. The molecule has 0 aliphatic carbocycles. The van der Waals surface area contributed by atoms with Gasteiger partial charge in [-0.05, 0) is 12.1 Å². The van der Waals surface area contributed by atoms with Crippen molar-refractivity contribution in [2.24, 2.45) is 5.10 Å². The number of carbonyl (C=O) groups excluding carboxylic acids is 1. The van der Waals surface area contributed by atoms with E-state index < -0.39 is 0 Å². The maximum atomic E-state index is 9.68. The molecule has 0 saturated carbocycles. The monoisotopic (exact) mass is 138 g/mol. The van der Waals surface area contributed by atoms with E-state index in [1.165, 1.54) is 12.5 Å². The summed E-state index contributed by atoms with van der Waals surface area (Å²) < 4.78 is 4.87. The van der Waals surface area contributed by atoms with Crippen molar-refractivity contribution in [3.05, 3.63) is 24.2 Å². The number of amides is 1. The molecule has 0 saturated heterocycles. The highest BCUT2D eigenvalue weighted by Crippen LogP contribution is 1.93. The van der Waals surface area contributed by atoms with Gasteiger partial charge in [-0.2, -0.15) is 5.10 Å². The lowest BCUT2D eigenvalue weighted by atomic mass is 10.5. The lowest BCUT2D eigenvalue weighted by Crippen LogP contribution is -1.99. The molecule has 0 bridgehead atoms. The first-order chi connectivity index (χ1) is 4.93. The molecule has 1 aromatic rings. The molecular formula is C6H6N2O2. The van der Waals surface area contributed by atoms with Crippen molar-refractivity contribution in [2.45, 2.75) is 0 Å². The van der Waals surface area contributed by atoms with Gasteiger partial charge < -0.3 is 4.42 Å². The summed E-state index contributed by atoms with van der Waals surface area (Å²) in [4.78, 5) is 9.68. The van der Waals surface area contributed by atoms with Gasteiger partial charge in [-0.15, -0.1) is 0 Å². The second-order valence-corrected chi connectivity index (χ2v) is 1.52. The van der Waals surface area contributed by atoms with Gasteiger partial charge in [0.2, 0.25) is 6.41 Å². The summed E-state index contributed by atoms with van der Waals surface area (Å²) in [6, 6.07) is 3.47. The summed E-state index contributed by atoms with van der Waals surface area (Å²) in [6.45, 7) is 0. The van der Waals surface area contributed by atoms with E-state index in [9.17, 15) is 4.79 Å². The van der Waals surface area contributed by atoms with Crippen LogP contribution in [0.15, 0.2) is 27.9 Å². The Morgan fingerprint density at radius 3 is 3.20 bits per heavy atom. The first-order valence-corrected chi connectivity index (χ1v) is 2.69. The second kappa shape index (κ2) is 3.45. The van der Waals surface area contributed by atoms with E-state index in [-0.39, 0.29) is 0 Å². The molecule has 0 radical (unpaired) electrons. The van der Waals surface area contributed by atoms with E-state index in [1.807, 2.05) is 0 Å². The molecule has 4 heteroatoms. The molecule has 4 nitrogen and oxygen atoms in total. The summed E-state index contributed by atoms with van der Waals surface area (Å²) in [5.74, 6) is 0.606.